The summed E-state index contributed by atoms with van der Waals surface area (Å²) in [7, 11) is 0. The van der Waals surface area contributed by atoms with Gasteiger partial charge in [0.2, 0.25) is 0 Å². The lowest BCUT2D eigenvalue weighted by atomic mass is 10.0. The Morgan fingerprint density at radius 3 is 1.38 bits per heavy atom. The van der Waals surface area contributed by atoms with Crippen LogP contribution < -0.4 is 0 Å². The maximum Gasteiger partial charge on any atom is 0.0406 e. The molecule has 1 heteroatoms. The summed E-state index contributed by atoms with van der Waals surface area (Å²) in [6.45, 7) is 11.0. The minimum absolute atomic E-state index is 0.630. The molecular formula is C20H33Cl. The Labute approximate surface area is 137 Å². The van der Waals surface area contributed by atoms with E-state index in [0.29, 0.717) is 5.88 Å². The molecule has 0 saturated carbocycles. The number of hydrogen-bond acceptors (Lipinski definition) is 0. The van der Waals surface area contributed by atoms with Crippen LogP contribution in [0, 0.1) is 0 Å². The Kier molecular flexibility index (Phi) is 12.5. The number of alkyl halides is 1. The Bertz CT molecular complexity index is 390. The first-order valence-corrected chi connectivity index (χ1v) is 8.65. The fourth-order valence-corrected chi connectivity index (χ4v) is 2.38. The van der Waals surface area contributed by atoms with E-state index >= 15 is 0 Å². The van der Waals surface area contributed by atoms with Crippen molar-refractivity contribution in [1.82, 2.24) is 0 Å². The predicted octanol–water partition coefficient (Wildman–Crippen LogP) is 7.37. The molecule has 21 heavy (non-hydrogen) atoms. The van der Waals surface area contributed by atoms with E-state index in [9.17, 15) is 0 Å². The molecule has 0 amide bonds. The van der Waals surface area contributed by atoms with Gasteiger partial charge < -0.3 is 0 Å². The van der Waals surface area contributed by atoms with Crippen LogP contribution >= 0.6 is 11.6 Å². The molecule has 0 aromatic carbocycles. The molecule has 0 atom stereocenters. The lowest BCUT2D eigenvalue weighted by molar-refractivity contribution is 0.899. The van der Waals surface area contributed by atoms with Crippen LogP contribution in [-0.2, 0) is 0 Å². The van der Waals surface area contributed by atoms with Gasteiger partial charge in [0, 0.05) is 5.88 Å². The molecule has 0 aliphatic heterocycles. The molecule has 0 aromatic heterocycles. The van der Waals surface area contributed by atoms with Crippen LogP contribution in [0.2, 0.25) is 0 Å². The topological polar surface area (TPSA) is 0 Å². The van der Waals surface area contributed by atoms with Gasteiger partial charge in [-0.3, -0.25) is 0 Å². The van der Waals surface area contributed by atoms with Crippen molar-refractivity contribution in [1.29, 1.82) is 0 Å². The van der Waals surface area contributed by atoms with Gasteiger partial charge in [-0.05, 0) is 73.1 Å². The van der Waals surface area contributed by atoms with Gasteiger partial charge in [0.05, 0.1) is 0 Å². The third kappa shape index (κ3) is 14.0. The van der Waals surface area contributed by atoms with Gasteiger partial charge in [-0.2, -0.15) is 0 Å². The molecule has 0 aliphatic carbocycles. The molecule has 0 rings (SSSR count). The Morgan fingerprint density at radius 2 is 1.00 bits per heavy atom. The van der Waals surface area contributed by atoms with Gasteiger partial charge >= 0.3 is 0 Å². The van der Waals surface area contributed by atoms with Crippen molar-refractivity contribution < 1.29 is 0 Å². The maximum absolute atomic E-state index is 5.69. The Morgan fingerprint density at radius 1 is 0.619 bits per heavy atom. The summed E-state index contributed by atoms with van der Waals surface area (Å²) in [4.78, 5) is 0. The summed E-state index contributed by atoms with van der Waals surface area (Å²) in [5.41, 5.74) is 5.83. The number of allylic oxidation sites excluding steroid dienone is 8. The average Bonchev–Trinajstić information content (AvgIpc) is 2.38. The summed E-state index contributed by atoms with van der Waals surface area (Å²) in [6, 6.07) is 0. The first kappa shape index (κ1) is 20.2. The van der Waals surface area contributed by atoms with Crippen molar-refractivity contribution in [2.45, 2.75) is 73.1 Å². The molecule has 0 nitrogen and oxygen atoms in total. The van der Waals surface area contributed by atoms with E-state index in [2.05, 4.69) is 58.9 Å². The molecule has 0 N–H and O–H groups in total. The second-order valence-electron chi connectivity index (χ2n) is 6.20. The van der Waals surface area contributed by atoms with Crippen LogP contribution in [-0.4, -0.2) is 5.88 Å². The van der Waals surface area contributed by atoms with Crippen LogP contribution in [0.3, 0.4) is 0 Å². The second kappa shape index (κ2) is 13.0. The lowest BCUT2D eigenvalue weighted by Crippen LogP contribution is -1.82. The molecule has 0 saturated heterocycles. The van der Waals surface area contributed by atoms with Crippen LogP contribution in [0.5, 0.6) is 0 Å². The van der Waals surface area contributed by atoms with E-state index in [1.165, 1.54) is 48.0 Å². The monoisotopic (exact) mass is 308 g/mol. The van der Waals surface area contributed by atoms with E-state index in [0.717, 1.165) is 12.8 Å². The zero-order valence-corrected chi connectivity index (χ0v) is 15.4. The summed E-state index contributed by atoms with van der Waals surface area (Å²) in [5.74, 6) is 0.630. The van der Waals surface area contributed by atoms with Gasteiger partial charge in [-0.1, -0.05) is 46.6 Å². The van der Waals surface area contributed by atoms with E-state index in [-0.39, 0.29) is 0 Å². The highest BCUT2D eigenvalue weighted by molar-refractivity contribution is 6.18. The standard InChI is InChI=1S/C20H33Cl/c1-17(2)9-6-10-18(3)11-7-12-19(4)13-8-14-20(5)15-16-21/h9,11,13,15H,6-8,10,12,14,16H2,1-5H3/b18-11+,19-13?,20-15+. The summed E-state index contributed by atoms with van der Waals surface area (Å²) in [6.07, 6.45) is 16.2. The molecule has 0 bridgehead atoms. The third-order valence-electron chi connectivity index (χ3n) is 3.58. The fourth-order valence-electron chi connectivity index (χ4n) is 2.12. The fraction of sp³-hybridized carbons (Fsp3) is 0.600. The van der Waals surface area contributed by atoms with E-state index < -0.39 is 0 Å². The van der Waals surface area contributed by atoms with Crippen molar-refractivity contribution in [3.8, 4) is 0 Å². The lowest BCUT2D eigenvalue weighted by Gasteiger charge is -2.02. The highest BCUT2D eigenvalue weighted by atomic mass is 35.5. The summed E-state index contributed by atoms with van der Waals surface area (Å²) >= 11 is 5.69. The van der Waals surface area contributed by atoms with Gasteiger partial charge in [0.25, 0.3) is 0 Å². The molecular weight excluding hydrogens is 276 g/mol. The summed E-state index contributed by atoms with van der Waals surface area (Å²) in [5, 5.41) is 0. The zero-order valence-electron chi connectivity index (χ0n) is 14.6. The number of halogens is 1. The maximum atomic E-state index is 5.69. The van der Waals surface area contributed by atoms with E-state index in [4.69, 9.17) is 11.6 Å². The number of rotatable bonds is 10. The van der Waals surface area contributed by atoms with Gasteiger partial charge in [0.15, 0.2) is 0 Å². The average molecular weight is 309 g/mol. The predicted molar refractivity (Wildman–Crippen MR) is 99.1 cm³/mol. The molecule has 0 radical (unpaired) electrons. The Balaban J connectivity index is 3.93. The quantitative estimate of drug-likeness (QED) is 0.292. The van der Waals surface area contributed by atoms with Crippen LogP contribution in [0.1, 0.15) is 73.1 Å². The van der Waals surface area contributed by atoms with E-state index in [1.54, 1.807) is 0 Å². The summed E-state index contributed by atoms with van der Waals surface area (Å²) < 4.78 is 0. The number of hydrogen-bond donors (Lipinski definition) is 0. The largest absolute Gasteiger partial charge is 0.122 e. The molecule has 0 aliphatic rings. The molecule has 0 unspecified atom stereocenters. The van der Waals surface area contributed by atoms with Crippen molar-refractivity contribution in [3.63, 3.8) is 0 Å². The molecule has 0 fully saturated rings. The zero-order chi connectivity index (χ0) is 16.1. The first-order valence-electron chi connectivity index (χ1n) is 8.12. The van der Waals surface area contributed by atoms with Crippen molar-refractivity contribution >= 4 is 11.6 Å². The second-order valence-corrected chi connectivity index (χ2v) is 6.51. The minimum atomic E-state index is 0.630. The van der Waals surface area contributed by atoms with Crippen LogP contribution in [0.15, 0.2) is 46.6 Å². The van der Waals surface area contributed by atoms with Crippen LogP contribution in [0.4, 0.5) is 0 Å². The Hall–Kier alpha value is -0.750. The third-order valence-corrected chi connectivity index (χ3v) is 3.73. The smallest absolute Gasteiger partial charge is 0.0406 e. The van der Waals surface area contributed by atoms with Crippen molar-refractivity contribution in [3.05, 3.63) is 46.6 Å². The minimum Gasteiger partial charge on any atom is -0.122 e. The normalized spacial score (nSPS) is 13.5. The molecule has 0 spiro atoms. The highest BCUT2D eigenvalue weighted by Gasteiger charge is 1.93. The molecule has 0 aromatic rings. The van der Waals surface area contributed by atoms with Gasteiger partial charge in [-0.15, -0.1) is 11.6 Å². The van der Waals surface area contributed by atoms with Crippen molar-refractivity contribution in [2.24, 2.45) is 0 Å². The van der Waals surface area contributed by atoms with Gasteiger partial charge in [-0.25, -0.2) is 0 Å². The highest BCUT2D eigenvalue weighted by Crippen LogP contribution is 2.13. The molecule has 120 valence electrons. The van der Waals surface area contributed by atoms with Gasteiger partial charge in [0.1, 0.15) is 0 Å². The van der Waals surface area contributed by atoms with Crippen molar-refractivity contribution in [2.75, 3.05) is 5.88 Å². The first-order chi connectivity index (χ1) is 9.95. The SMILES string of the molecule is CC(C)=CCC/C(C)=C/CCC(C)=CCC/C(C)=C/CCl. The van der Waals surface area contributed by atoms with E-state index in [1.807, 2.05) is 0 Å². The van der Waals surface area contributed by atoms with Crippen LogP contribution in [0.25, 0.3) is 0 Å². The molecule has 0 heterocycles.